The van der Waals surface area contributed by atoms with Crippen molar-refractivity contribution in [2.24, 2.45) is 4.99 Å². The van der Waals surface area contributed by atoms with E-state index in [0.29, 0.717) is 6.61 Å². The smallest absolute Gasteiger partial charge is 0.191 e. The highest BCUT2D eigenvalue weighted by Gasteiger charge is 2.05. The summed E-state index contributed by atoms with van der Waals surface area (Å²) in [6.45, 7) is 7.27. The van der Waals surface area contributed by atoms with E-state index in [2.05, 4.69) is 56.4 Å². The molecule has 0 saturated heterocycles. The van der Waals surface area contributed by atoms with E-state index in [0.717, 1.165) is 44.3 Å². The predicted molar refractivity (Wildman–Crippen MR) is 120 cm³/mol. The fraction of sp³-hybridized carbons (Fsp3) is 0.526. The van der Waals surface area contributed by atoms with Gasteiger partial charge in [0, 0.05) is 39.7 Å². The Bertz CT molecular complexity index is 661. The van der Waals surface area contributed by atoms with Crippen LogP contribution in [0.3, 0.4) is 0 Å². The van der Waals surface area contributed by atoms with Gasteiger partial charge in [-0.05, 0) is 18.9 Å². The van der Waals surface area contributed by atoms with E-state index in [1.54, 1.807) is 13.4 Å². The van der Waals surface area contributed by atoms with Crippen LogP contribution in [0.2, 0.25) is 0 Å². The molecule has 8 heteroatoms. The average molecular weight is 486 g/mol. The minimum Gasteiger partial charge on any atom is -0.374 e. The summed E-state index contributed by atoms with van der Waals surface area (Å²) >= 11 is 0. The summed E-state index contributed by atoms with van der Waals surface area (Å²) in [5.41, 5.74) is 1.21. The Morgan fingerprint density at radius 1 is 1.22 bits per heavy atom. The molecule has 2 N–H and O–H groups in total. The van der Waals surface area contributed by atoms with E-state index in [1.165, 1.54) is 5.56 Å². The Balaban J connectivity index is 0.00000364. The van der Waals surface area contributed by atoms with E-state index in [-0.39, 0.29) is 30.1 Å². The zero-order chi connectivity index (χ0) is 18.6. The summed E-state index contributed by atoms with van der Waals surface area (Å²) < 4.78 is 7.94. The number of hydrogen-bond acceptors (Lipinski definition) is 4. The molecule has 0 aliphatic rings. The van der Waals surface area contributed by atoms with Gasteiger partial charge in [0.05, 0.1) is 6.10 Å². The monoisotopic (exact) mass is 486 g/mol. The number of benzene rings is 1. The lowest BCUT2D eigenvalue weighted by molar-refractivity contribution is 0.0646. The molecule has 0 bridgehead atoms. The van der Waals surface area contributed by atoms with Gasteiger partial charge in [-0.15, -0.1) is 34.2 Å². The number of ether oxygens (including phenoxy) is 1. The molecule has 1 unspecified atom stereocenters. The summed E-state index contributed by atoms with van der Waals surface area (Å²) in [6.07, 6.45) is 3.68. The summed E-state index contributed by atoms with van der Waals surface area (Å²) in [5, 5.41) is 14.6. The van der Waals surface area contributed by atoms with Gasteiger partial charge in [0.25, 0.3) is 0 Å². The molecule has 7 nitrogen and oxygen atoms in total. The number of nitrogens with one attached hydrogen (secondary N) is 2. The van der Waals surface area contributed by atoms with Gasteiger partial charge in [0.15, 0.2) is 5.96 Å². The Labute approximate surface area is 179 Å². The van der Waals surface area contributed by atoms with Gasteiger partial charge in [-0.1, -0.05) is 37.3 Å². The number of aromatic nitrogens is 3. The molecule has 0 aliphatic heterocycles. The largest absolute Gasteiger partial charge is 0.374 e. The fourth-order valence-electron chi connectivity index (χ4n) is 2.61. The van der Waals surface area contributed by atoms with E-state index in [4.69, 9.17) is 4.74 Å². The zero-order valence-corrected chi connectivity index (χ0v) is 18.7. The van der Waals surface area contributed by atoms with Crippen molar-refractivity contribution in [3.63, 3.8) is 0 Å². The summed E-state index contributed by atoms with van der Waals surface area (Å²) in [5.74, 6) is 1.80. The molecule has 1 heterocycles. The molecule has 2 aromatic rings. The number of aliphatic imine (C=N–C) groups is 1. The quantitative estimate of drug-likeness (QED) is 0.234. The lowest BCUT2D eigenvalue weighted by Crippen LogP contribution is -2.39. The Kier molecular flexibility index (Phi) is 11.7. The Morgan fingerprint density at radius 3 is 2.67 bits per heavy atom. The van der Waals surface area contributed by atoms with Crippen LogP contribution in [0.25, 0.3) is 0 Å². The maximum absolute atomic E-state index is 5.88. The van der Waals surface area contributed by atoms with E-state index in [9.17, 15) is 0 Å². The van der Waals surface area contributed by atoms with Crippen LogP contribution in [0.15, 0.2) is 41.7 Å². The van der Waals surface area contributed by atoms with Gasteiger partial charge in [0.1, 0.15) is 12.2 Å². The third kappa shape index (κ3) is 8.25. The second kappa shape index (κ2) is 13.5. The van der Waals surface area contributed by atoms with Crippen LogP contribution in [0.1, 0.15) is 37.8 Å². The first-order valence-electron chi connectivity index (χ1n) is 9.22. The molecule has 0 radical (unpaired) electrons. The number of aryl methyl sites for hydroxylation is 1. The number of halogens is 1. The molecule has 0 saturated carbocycles. The predicted octanol–water partition coefficient (Wildman–Crippen LogP) is 2.79. The maximum Gasteiger partial charge on any atom is 0.191 e. The highest BCUT2D eigenvalue weighted by Crippen LogP contribution is 2.15. The number of guanidine groups is 1. The highest BCUT2D eigenvalue weighted by molar-refractivity contribution is 14.0. The van der Waals surface area contributed by atoms with Crippen LogP contribution >= 0.6 is 24.0 Å². The van der Waals surface area contributed by atoms with Gasteiger partial charge >= 0.3 is 0 Å². The Morgan fingerprint density at radius 2 is 1.96 bits per heavy atom. The molecule has 1 atom stereocenters. The summed E-state index contributed by atoms with van der Waals surface area (Å²) in [7, 11) is 1.78. The van der Waals surface area contributed by atoms with Crippen LogP contribution in [0, 0.1) is 0 Å². The van der Waals surface area contributed by atoms with Gasteiger partial charge in [-0.3, -0.25) is 4.99 Å². The zero-order valence-electron chi connectivity index (χ0n) is 16.4. The van der Waals surface area contributed by atoms with Crippen LogP contribution < -0.4 is 10.6 Å². The van der Waals surface area contributed by atoms with Crippen molar-refractivity contribution in [3.8, 4) is 0 Å². The minimum absolute atomic E-state index is 0. The fourth-order valence-corrected chi connectivity index (χ4v) is 2.61. The van der Waals surface area contributed by atoms with Gasteiger partial charge in [-0.2, -0.15) is 0 Å². The third-order valence-corrected chi connectivity index (χ3v) is 4.13. The van der Waals surface area contributed by atoms with Crippen molar-refractivity contribution in [2.45, 2.75) is 39.3 Å². The maximum atomic E-state index is 5.88. The first-order chi connectivity index (χ1) is 12.7. The molecule has 0 aliphatic carbocycles. The van der Waals surface area contributed by atoms with Crippen LogP contribution in [0.4, 0.5) is 0 Å². The van der Waals surface area contributed by atoms with Gasteiger partial charge < -0.3 is 19.9 Å². The first-order valence-corrected chi connectivity index (χ1v) is 9.22. The molecule has 1 aromatic heterocycles. The van der Waals surface area contributed by atoms with Gasteiger partial charge in [-0.25, -0.2) is 0 Å². The van der Waals surface area contributed by atoms with E-state index >= 15 is 0 Å². The van der Waals surface area contributed by atoms with Crippen LogP contribution in [0.5, 0.6) is 0 Å². The Hall–Kier alpha value is -1.68. The summed E-state index contributed by atoms with van der Waals surface area (Å²) in [6, 6.07) is 10.3. The molecule has 0 amide bonds. The molecule has 150 valence electrons. The van der Waals surface area contributed by atoms with Crippen LogP contribution in [-0.2, 0) is 17.7 Å². The van der Waals surface area contributed by atoms with E-state index in [1.807, 2.05) is 18.2 Å². The highest BCUT2D eigenvalue weighted by atomic mass is 127. The van der Waals surface area contributed by atoms with Crippen molar-refractivity contribution < 1.29 is 4.74 Å². The van der Waals surface area contributed by atoms with E-state index < -0.39 is 0 Å². The number of rotatable bonds is 10. The van der Waals surface area contributed by atoms with Crippen LogP contribution in [-0.4, -0.2) is 47.5 Å². The SMILES string of the molecule is CCc1nncn1CCNC(=NC)NCCCOC(C)c1ccccc1.I. The topological polar surface area (TPSA) is 76.4 Å². The standard InChI is InChI=1S/C19H30N6O.HI/c1-4-18-24-23-15-25(18)13-12-22-19(20-3)21-11-8-14-26-16(2)17-9-6-5-7-10-17;/h5-7,9-10,15-16H,4,8,11-14H2,1-3H3,(H2,20,21,22);1H. The number of nitrogens with zero attached hydrogens (tertiary/aromatic N) is 4. The van der Waals surface area contributed by atoms with Gasteiger partial charge in [0.2, 0.25) is 0 Å². The normalized spacial score (nSPS) is 12.3. The molecular formula is C19H31IN6O. The molecule has 1 aromatic carbocycles. The van der Waals surface area contributed by atoms with Crippen molar-refractivity contribution in [1.29, 1.82) is 0 Å². The second-order valence-corrected chi connectivity index (χ2v) is 6.00. The third-order valence-electron chi connectivity index (χ3n) is 4.13. The molecule has 0 fully saturated rings. The lowest BCUT2D eigenvalue weighted by Gasteiger charge is -2.15. The molecule has 2 rings (SSSR count). The van der Waals surface area contributed by atoms with Crippen molar-refractivity contribution in [1.82, 2.24) is 25.4 Å². The number of hydrogen-bond donors (Lipinski definition) is 2. The lowest BCUT2D eigenvalue weighted by atomic mass is 10.1. The van der Waals surface area contributed by atoms with Crippen molar-refractivity contribution in [2.75, 3.05) is 26.7 Å². The van der Waals surface area contributed by atoms with Crippen molar-refractivity contribution >= 4 is 29.9 Å². The first kappa shape index (κ1) is 23.4. The molecular weight excluding hydrogens is 455 g/mol. The second-order valence-electron chi connectivity index (χ2n) is 6.00. The average Bonchev–Trinajstić information content (AvgIpc) is 3.14. The molecule has 27 heavy (non-hydrogen) atoms. The van der Waals surface area contributed by atoms with Crippen molar-refractivity contribution in [3.05, 3.63) is 48.0 Å². The summed E-state index contributed by atoms with van der Waals surface area (Å²) in [4.78, 5) is 4.24. The minimum atomic E-state index is 0. The molecule has 0 spiro atoms.